The van der Waals surface area contributed by atoms with Crippen LogP contribution in [0.15, 0.2) is 42.5 Å². The molecule has 3 rings (SSSR count). The average Bonchev–Trinajstić information content (AvgIpc) is 2.73. The molecule has 0 aromatic heterocycles. The molecule has 0 aliphatic heterocycles. The van der Waals surface area contributed by atoms with E-state index in [0.29, 0.717) is 0 Å². The highest BCUT2D eigenvalue weighted by atomic mass is 19.1. The van der Waals surface area contributed by atoms with Gasteiger partial charge < -0.3 is 10.1 Å². The average molecular weight is 420 g/mol. The van der Waals surface area contributed by atoms with Crippen molar-refractivity contribution in [1.82, 2.24) is 5.32 Å². The quantitative estimate of drug-likeness (QED) is 0.635. The number of benzene rings is 2. The normalized spacial score (nSPS) is 17.7. The van der Waals surface area contributed by atoms with Crippen molar-refractivity contribution in [3.8, 4) is 0 Å². The number of hydrogen-bond donors (Lipinski definition) is 1. The number of amides is 1. The van der Waals surface area contributed by atoms with Crippen LogP contribution in [0, 0.1) is 25.5 Å². The highest BCUT2D eigenvalue weighted by Crippen LogP contribution is 2.23. The standard InChI is InChI=1S/C15H19F2NO2.C8H10.C2H6/c1-10(19)18-11-5-7-12(8-6-11)20-9-13-14(16)3-2-4-15(13)17;1-7-5-3-4-6-8(7)2;1-2/h2-4,11-12H,5-9H2,1H3,(H,18,19);3-6H,1-2H3;1-2H3. The van der Waals surface area contributed by atoms with Gasteiger partial charge in [0, 0.05) is 18.5 Å². The van der Waals surface area contributed by atoms with Crippen molar-refractivity contribution in [3.63, 3.8) is 0 Å². The van der Waals surface area contributed by atoms with E-state index in [1.807, 2.05) is 13.8 Å². The van der Waals surface area contributed by atoms with E-state index in [9.17, 15) is 13.6 Å². The zero-order valence-electron chi connectivity index (χ0n) is 18.8. The topological polar surface area (TPSA) is 38.3 Å². The first-order valence-electron chi connectivity index (χ1n) is 10.7. The Balaban J connectivity index is 0.000000375. The summed E-state index contributed by atoms with van der Waals surface area (Å²) in [6.45, 7) is 9.70. The molecule has 0 atom stereocenters. The number of ether oxygens (including phenoxy) is 1. The summed E-state index contributed by atoms with van der Waals surface area (Å²) in [4.78, 5) is 11.0. The van der Waals surface area contributed by atoms with Gasteiger partial charge in [-0.3, -0.25) is 4.79 Å². The summed E-state index contributed by atoms with van der Waals surface area (Å²) in [7, 11) is 0. The lowest BCUT2D eigenvalue weighted by Gasteiger charge is -2.28. The third kappa shape index (κ3) is 9.04. The smallest absolute Gasteiger partial charge is 0.217 e. The molecule has 0 saturated heterocycles. The Labute approximate surface area is 179 Å². The lowest BCUT2D eigenvalue weighted by atomic mass is 9.93. The van der Waals surface area contributed by atoms with E-state index in [4.69, 9.17) is 4.74 Å². The summed E-state index contributed by atoms with van der Waals surface area (Å²) < 4.78 is 32.5. The van der Waals surface area contributed by atoms with Crippen LogP contribution in [0.25, 0.3) is 0 Å². The number of halogens is 2. The van der Waals surface area contributed by atoms with E-state index in [0.717, 1.165) is 25.7 Å². The van der Waals surface area contributed by atoms with Gasteiger partial charge >= 0.3 is 0 Å². The SMILES string of the molecule is CC.CC(=O)NC1CCC(OCc2c(F)cccc2F)CC1.Cc1ccccc1C. The molecule has 0 spiro atoms. The molecular formula is C25H35F2NO2. The van der Waals surface area contributed by atoms with Crippen molar-refractivity contribution >= 4 is 5.91 Å². The van der Waals surface area contributed by atoms with E-state index in [2.05, 4.69) is 43.4 Å². The molecule has 0 radical (unpaired) electrons. The Morgan fingerprint density at radius 3 is 1.87 bits per heavy atom. The first-order valence-corrected chi connectivity index (χ1v) is 10.7. The summed E-state index contributed by atoms with van der Waals surface area (Å²) in [6, 6.07) is 12.4. The van der Waals surface area contributed by atoms with Crippen molar-refractivity contribution in [2.24, 2.45) is 0 Å². The molecule has 1 amide bonds. The van der Waals surface area contributed by atoms with Gasteiger partial charge in [-0.2, -0.15) is 0 Å². The monoisotopic (exact) mass is 419 g/mol. The first kappa shape index (κ1) is 25.8. The Morgan fingerprint density at radius 2 is 1.43 bits per heavy atom. The zero-order valence-corrected chi connectivity index (χ0v) is 18.8. The molecule has 1 aliphatic carbocycles. The van der Waals surface area contributed by atoms with Gasteiger partial charge in [0.25, 0.3) is 0 Å². The number of carbonyl (C=O) groups is 1. The van der Waals surface area contributed by atoms with Gasteiger partial charge in [-0.1, -0.05) is 44.2 Å². The summed E-state index contributed by atoms with van der Waals surface area (Å²) in [5, 5.41) is 2.88. The summed E-state index contributed by atoms with van der Waals surface area (Å²) in [5.41, 5.74) is 2.72. The van der Waals surface area contributed by atoms with Gasteiger partial charge in [0.05, 0.1) is 12.7 Å². The molecular weight excluding hydrogens is 384 g/mol. The Hall–Kier alpha value is -2.27. The summed E-state index contributed by atoms with van der Waals surface area (Å²) in [6.07, 6.45) is 3.26. The predicted molar refractivity (Wildman–Crippen MR) is 118 cm³/mol. The summed E-state index contributed by atoms with van der Waals surface area (Å²) >= 11 is 0. The van der Waals surface area contributed by atoms with Crippen LogP contribution in [0.5, 0.6) is 0 Å². The van der Waals surface area contributed by atoms with Crippen LogP contribution < -0.4 is 5.32 Å². The van der Waals surface area contributed by atoms with Crippen molar-refractivity contribution in [2.75, 3.05) is 0 Å². The largest absolute Gasteiger partial charge is 0.373 e. The van der Waals surface area contributed by atoms with Crippen LogP contribution in [-0.2, 0) is 16.1 Å². The van der Waals surface area contributed by atoms with Crippen LogP contribution in [-0.4, -0.2) is 18.1 Å². The van der Waals surface area contributed by atoms with Gasteiger partial charge in [-0.05, 0) is 62.8 Å². The maximum Gasteiger partial charge on any atom is 0.217 e. The fourth-order valence-electron chi connectivity index (χ4n) is 3.20. The van der Waals surface area contributed by atoms with Crippen molar-refractivity contribution < 1.29 is 18.3 Å². The van der Waals surface area contributed by atoms with Gasteiger partial charge in [0.15, 0.2) is 0 Å². The number of nitrogens with one attached hydrogen (secondary N) is 1. The highest BCUT2D eigenvalue weighted by Gasteiger charge is 2.22. The van der Waals surface area contributed by atoms with Crippen LogP contribution in [0.3, 0.4) is 0 Å². The Bertz CT molecular complexity index is 730. The number of rotatable bonds is 4. The second-order valence-corrected chi connectivity index (χ2v) is 7.27. The number of hydrogen-bond acceptors (Lipinski definition) is 2. The molecule has 2 aromatic rings. The fourth-order valence-corrected chi connectivity index (χ4v) is 3.20. The van der Waals surface area contributed by atoms with Gasteiger partial charge in [0.1, 0.15) is 11.6 Å². The molecule has 166 valence electrons. The second-order valence-electron chi connectivity index (χ2n) is 7.27. The molecule has 1 fully saturated rings. The lowest BCUT2D eigenvalue weighted by molar-refractivity contribution is -0.120. The molecule has 3 nitrogen and oxygen atoms in total. The molecule has 1 aliphatic rings. The van der Waals surface area contributed by atoms with Gasteiger partial charge in [0.2, 0.25) is 5.91 Å². The molecule has 1 N–H and O–H groups in total. The Morgan fingerprint density at radius 1 is 0.933 bits per heavy atom. The number of aryl methyl sites for hydroxylation is 2. The van der Waals surface area contributed by atoms with Crippen LogP contribution >= 0.6 is 0 Å². The third-order valence-electron chi connectivity index (χ3n) is 5.03. The fraction of sp³-hybridized carbons (Fsp3) is 0.480. The minimum absolute atomic E-state index is 0.000913. The van der Waals surface area contributed by atoms with Gasteiger partial charge in [-0.15, -0.1) is 0 Å². The van der Waals surface area contributed by atoms with E-state index < -0.39 is 11.6 Å². The van der Waals surface area contributed by atoms with E-state index in [-0.39, 0.29) is 30.2 Å². The molecule has 0 unspecified atom stereocenters. The molecule has 5 heteroatoms. The van der Waals surface area contributed by atoms with E-state index in [1.54, 1.807) is 0 Å². The van der Waals surface area contributed by atoms with E-state index in [1.165, 1.54) is 36.2 Å². The second kappa shape index (κ2) is 13.9. The van der Waals surface area contributed by atoms with Crippen molar-refractivity contribution in [1.29, 1.82) is 0 Å². The molecule has 2 aromatic carbocycles. The molecule has 1 saturated carbocycles. The molecule has 30 heavy (non-hydrogen) atoms. The minimum atomic E-state index is -0.572. The molecule has 0 heterocycles. The maximum absolute atomic E-state index is 13.4. The maximum atomic E-state index is 13.4. The highest BCUT2D eigenvalue weighted by molar-refractivity contribution is 5.73. The zero-order chi connectivity index (χ0) is 22.5. The van der Waals surface area contributed by atoms with Crippen LogP contribution in [0.2, 0.25) is 0 Å². The Kier molecular flexibility index (Phi) is 11.9. The number of carbonyl (C=O) groups excluding carboxylic acids is 1. The molecule has 0 bridgehead atoms. The lowest BCUT2D eigenvalue weighted by Crippen LogP contribution is -2.37. The third-order valence-corrected chi connectivity index (χ3v) is 5.03. The van der Waals surface area contributed by atoms with Crippen molar-refractivity contribution in [2.45, 2.75) is 79.1 Å². The van der Waals surface area contributed by atoms with Crippen molar-refractivity contribution in [3.05, 3.63) is 70.8 Å². The van der Waals surface area contributed by atoms with E-state index >= 15 is 0 Å². The first-order chi connectivity index (χ1) is 14.4. The van der Waals surface area contributed by atoms with Crippen LogP contribution in [0.1, 0.15) is 63.1 Å². The summed E-state index contributed by atoms with van der Waals surface area (Å²) in [5.74, 6) is -1.17. The predicted octanol–water partition coefficient (Wildman–Crippen LogP) is 6.26. The minimum Gasteiger partial charge on any atom is -0.373 e. The van der Waals surface area contributed by atoms with Crippen LogP contribution in [0.4, 0.5) is 8.78 Å². The van der Waals surface area contributed by atoms with Gasteiger partial charge in [-0.25, -0.2) is 8.78 Å².